The van der Waals surface area contributed by atoms with Crippen molar-refractivity contribution in [2.75, 3.05) is 6.54 Å². The Hall–Kier alpha value is -4.87. The number of allylic oxidation sites excluding steroid dienone is 1. The molecule has 5 rings (SSSR count). The van der Waals surface area contributed by atoms with Crippen molar-refractivity contribution in [2.24, 2.45) is 0 Å². The first kappa shape index (κ1) is 42.3. The highest BCUT2D eigenvalue weighted by atomic mass is 28.4. The summed E-state index contributed by atoms with van der Waals surface area (Å²) in [5.41, 5.74) is -0.454. The molecule has 0 saturated carbocycles. The topological polar surface area (TPSA) is 134 Å². The summed E-state index contributed by atoms with van der Waals surface area (Å²) in [6, 6.07) is 27.2. The number of nitrogens with one attached hydrogen (secondary N) is 3. The van der Waals surface area contributed by atoms with E-state index in [2.05, 4.69) is 61.0 Å². The predicted molar refractivity (Wildman–Crippen MR) is 222 cm³/mol. The molecule has 2 aliphatic heterocycles. The zero-order chi connectivity index (χ0) is 40.5. The molecule has 0 unspecified atom stereocenters. The van der Waals surface area contributed by atoms with Crippen LogP contribution in [0.4, 0.5) is 0 Å². The summed E-state index contributed by atoms with van der Waals surface area (Å²) in [6.45, 7) is 12.1. The lowest BCUT2D eigenvalue weighted by Crippen LogP contribution is -2.68. The van der Waals surface area contributed by atoms with Gasteiger partial charge in [-0.15, -0.1) is 0 Å². The Balaban J connectivity index is 1.28. The molecule has 298 valence electrons. The highest BCUT2D eigenvalue weighted by Gasteiger charge is 2.51. The summed E-state index contributed by atoms with van der Waals surface area (Å²) in [5.74, 6) is -1.79. The fraction of sp³-hybridized carbons (Fsp3) is 0.444. The van der Waals surface area contributed by atoms with Gasteiger partial charge in [0.25, 0.3) is 8.32 Å². The SMILES string of the molecule is CC[C@@]1(C)NC(=O)[C@H](CCC/C=C/C(=O)[C@@H](C)O[Si](c2ccccc2)(c2ccccc2)C(C)(C)C)NC(=O)[C@H]2CCCN2C(=O)[C@H](Cc2ccccc2)NC1=O. The number of ketones is 1. The molecule has 2 saturated heterocycles. The molecule has 3 aromatic rings. The van der Waals surface area contributed by atoms with Gasteiger partial charge in [0, 0.05) is 13.0 Å². The van der Waals surface area contributed by atoms with Gasteiger partial charge in [-0.1, -0.05) is 125 Å². The van der Waals surface area contributed by atoms with E-state index in [0.29, 0.717) is 32.2 Å². The molecule has 11 heteroatoms. The molecule has 0 spiro atoms. The molecule has 4 amide bonds. The van der Waals surface area contributed by atoms with Crippen LogP contribution in [0.1, 0.15) is 85.6 Å². The van der Waals surface area contributed by atoms with Crippen molar-refractivity contribution < 1.29 is 28.4 Å². The van der Waals surface area contributed by atoms with E-state index in [0.717, 1.165) is 15.9 Å². The third-order valence-corrected chi connectivity index (χ3v) is 16.4. The van der Waals surface area contributed by atoms with Crippen molar-refractivity contribution in [1.29, 1.82) is 0 Å². The summed E-state index contributed by atoms with van der Waals surface area (Å²) >= 11 is 0. The third-order valence-electron chi connectivity index (χ3n) is 11.3. The number of carbonyl (C=O) groups excluding carboxylic acids is 5. The summed E-state index contributed by atoms with van der Waals surface area (Å²) < 4.78 is 6.98. The predicted octanol–water partition coefficient (Wildman–Crippen LogP) is 4.75. The van der Waals surface area contributed by atoms with Gasteiger partial charge in [0.15, 0.2) is 5.78 Å². The highest BCUT2D eigenvalue weighted by Crippen LogP contribution is 2.37. The molecule has 56 heavy (non-hydrogen) atoms. The number of carbonyl (C=O) groups is 5. The van der Waals surface area contributed by atoms with Gasteiger partial charge in [0.1, 0.15) is 29.8 Å². The molecule has 0 aliphatic carbocycles. The van der Waals surface area contributed by atoms with Gasteiger partial charge in [-0.3, -0.25) is 24.0 Å². The van der Waals surface area contributed by atoms with Crippen molar-refractivity contribution in [3.63, 3.8) is 0 Å². The Morgan fingerprint density at radius 1 is 0.893 bits per heavy atom. The molecule has 0 bridgehead atoms. The lowest BCUT2D eigenvalue weighted by Gasteiger charge is -2.44. The molecule has 5 atom stereocenters. The highest BCUT2D eigenvalue weighted by molar-refractivity contribution is 6.99. The fourth-order valence-electron chi connectivity index (χ4n) is 7.86. The Morgan fingerprint density at radius 3 is 2.05 bits per heavy atom. The number of benzene rings is 3. The van der Waals surface area contributed by atoms with Crippen molar-refractivity contribution in [3.8, 4) is 0 Å². The van der Waals surface area contributed by atoms with Crippen molar-refractivity contribution in [2.45, 2.75) is 121 Å². The average Bonchev–Trinajstić information content (AvgIpc) is 3.69. The van der Waals surface area contributed by atoms with Crippen LogP contribution in [0.25, 0.3) is 0 Å². The first-order valence-corrected chi connectivity index (χ1v) is 21.9. The van der Waals surface area contributed by atoms with Crippen LogP contribution in [0.2, 0.25) is 5.04 Å². The number of unbranched alkanes of at least 4 members (excludes halogenated alkanes) is 1. The minimum absolute atomic E-state index is 0.156. The number of hydrogen-bond donors (Lipinski definition) is 3. The molecular weight excluding hydrogens is 721 g/mol. The van der Waals surface area contributed by atoms with Crippen molar-refractivity contribution in [3.05, 3.63) is 109 Å². The summed E-state index contributed by atoms with van der Waals surface area (Å²) in [4.78, 5) is 70.6. The zero-order valence-corrected chi connectivity index (χ0v) is 34.7. The maximum Gasteiger partial charge on any atom is 0.262 e. The second-order valence-electron chi connectivity index (χ2n) is 16.3. The summed E-state index contributed by atoms with van der Waals surface area (Å²) in [5, 5.41) is 10.7. The zero-order valence-electron chi connectivity index (χ0n) is 33.7. The second-order valence-corrected chi connectivity index (χ2v) is 20.6. The Labute approximate surface area is 333 Å². The van der Waals surface area contributed by atoms with Crippen molar-refractivity contribution in [1.82, 2.24) is 20.9 Å². The van der Waals surface area contributed by atoms with E-state index in [4.69, 9.17) is 4.43 Å². The average molecular weight is 779 g/mol. The Morgan fingerprint density at radius 2 is 1.48 bits per heavy atom. The first-order valence-electron chi connectivity index (χ1n) is 20.0. The molecule has 0 radical (unpaired) electrons. The van der Waals surface area contributed by atoms with Gasteiger partial charge in [0.2, 0.25) is 23.6 Å². The number of rotatable bonds is 13. The van der Waals surface area contributed by atoms with Gasteiger partial charge in [-0.25, -0.2) is 0 Å². The van der Waals surface area contributed by atoms with E-state index in [1.807, 2.05) is 66.7 Å². The van der Waals surface area contributed by atoms with Crippen LogP contribution in [0.3, 0.4) is 0 Å². The number of amides is 4. The van der Waals surface area contributed by atoms with Gasteiger partial charge in [-0.2, -0.15) is 0 Å². The lowest BCUT2D eigenvalue weighted by atomic mass is 9.94. The quantitative estimate of drug-likeness (QED) is 0.130. The normalized spacial score (nSPS) is 23.0. The second kappa shape index (κ2) is 18.4. The Bertz CT molecular complexity index is 1830. The van der Waals surface area contributed by atoms with Crippen LogP contribution in [-0.2, 0) is 34.8 Å². The molecule has 2 heterocycles. The van der Waals surface area contributed by atoms with E-state index in [1.165, 1.54) is 0 Å². The number of nitrogens with zero attached hydrogens (tertiary/aromatic N) is 1. The monoisotopic (exact) mass is 778 g/mol. The van der Waals surface area contributed by atoms with E-state index < -0.39 is 49.9 Å². The van der Waals surface area contributed by atoms with Crippen molar-refractivity contribution >= 4 is 48.1 Å². The maximum absolute atomic E-state index is 14.0. The van der Waals surface area contributed by atoms with Crippen LogP contribution in [0, 0.1) is 0 Å². The van der Waals surface area contributed by atoms with Gasteiger partial charge >= 0.3 is 0 Å². The van der Waals surface area contributed by atoms with Crippen LogP contribution < -0.4 is 26.3 Å². The van der Waals surface area contributed by atoms with Gasteiger partial charge < -0.3 is 25.3 Å². The van der Waals surface area contributed by atoms with E-state index in [1.54, 1.807) is 37.8 Å². The smallest absolute Gasteiger partial charge is 0.262 e. The fourth-order valence-corrected chi connectivity index (χ4v) is 12.5. The number of hydrogen-bond acceptors (Lipinski definition) is 6. The van der Waals surface area contributed by atoms with E-state index >= 15 is 0 Å². The summed E-state index contributed by atoms with van der Waals surface area (Å²) in [7, 11) is -2.94. The minimum atomic E-state index is -2.94. The molecule has 2 aliphatic rings. The van der Waals surface area contributed by atoms with Gasteiger partial charge in [-0.05, 0) is 79.4 Å². The van der Waals surface area contributed by atoms with Crippen LogP contribution in [-0.4, -0.2) is 78.9 Å². The molecular formula is C45H58N4O6Si. The molecule has 2 fully saturated rings. The molecule has 3 aromatic carbocycles. The standard InChI is InChI=1S/C45H58N4O6Si/c1-7-45(6)43(54)47-37(31-33-21-12-8-13-22-33)42(53)49-30-20-28-38(49)41(52)46-36(40(51)48-45)27-18-11-19-29-39(50)32(2)55-56(44(3,4)5,34-23-14-9-15-24-34)35-25-16-10-17-26-35/h8-10,12-17,19,21-26,29,32,36-38H,7,11,18,20,27-28,30-31H2,1-6H3,(H,46,52)(H,47,54)(H,48,51)/b29-19+/t32-,36+,37+,38-,45-/m1/s1. The molecule has 0 aromatic heterocycles. The van der Waals surface area contributed by atoms with E-state index in [9.17, 15) is 24.0 Å². The summed E-state index contributed by atoms with van der Waals surface area (Å²) in [6.07, 6.45) is 5.46. The van der Waals surface area contributed by atoms with Crippen LogP contribution in [0.15, 0.2) is 103 Å². The number of fused-ring (bicyclic) bond motifs is 1. The first-order chi connectivity index (χ1) is 26.7. The third kappa shape index (κ3) is 9.56. The van der Waals surface area contributed by atoms with Crippen LogP contribution >= 0.6 is 0 Å². The minimum Gasteiger partial charge on any atom is -0.397 e. The maximum atomic E-state index is 14.0. The van der Waals surface area contributed by atoms with Gasteiger partial charge in [0.05, 0.1) is 0 Å². The Kier molecular flexibility index (Phi) is 13.9. The van der Waals surface area contributed by atoms with Crippen LogP contribution in [0.5, 0.6) is 0 Å². The lowest BCUT2D eigenvalue weighted by molar-refractivity contribution is -0.144. The molecule has 10 nitrogen and oxygen atoms in total. The van der Waals surface area contributed by atoms with E-state index in [-0.39, 0.29) is 41.9 Å². The molecule has 3 N–H and O–H groups in total. The largest absolute Gasteiger partial charge is 0.397 e.